The summed E-state index contributed by atoms with van der Waals surface area (Å²) < 4.78 is 27.2. The first-order valence-corrected chi connectivity index (χ1v) is 6.40. The number of nitro benzene ring substituents is 1. The lowest BCUT2D eigenvalue weighted by atomic mass is 10.1. The predicted molar refractivity (Wildman–Crippen MR) is 67.8 cm³/mol. The van der Waals surface area contributed by atoms with E-state index in [-0.39, 0.29) is 11.9 Å². The monoisotopic (exact) mass is 304 g/mol. The summed E-state index contributed by atoms with van der Waals surface area (Å²) in [5.74, 6) is -3.13. The second-order valence-corrected chi connectivity index (χ2v) is 5.15. The molecule has 20 heavy (non-hydrogen) atoms. The number of nitrogens with zero attached hydrogens (tertiary/aromatic N) is 2. The molecule has 0 aromatic heterocycles. The molecule has 0 N–H and O–H groups in total. The van der Waals surface area contributed by atoms with Crippen LogP contribution >= 0.6 is 11.6 Å². The lowest BCUT2D eigenvalue weighted by molar-refractivity contribution is -0.387. The third-order valence-electron chi connectivity index (χ3n) is 3.10. The van der Waals surface area contributed by atoms with Crippen molar-refractivity contribution >= 4 is 23.2 Å². The second-order valence-electron chi connectivity index (χ2n) is 4.53. The van der Waals surface area contributed by atoms with E-state index in [4.69, 9.17) is 11.6 Å². The second kappa shape index (κ2) is 5.70. The Morgan fingerprint density at radius 3 is 2.75 bits per heavy atom. The number of hydrogen-bond acceptors (Lipinski definition) is 3. The Bertz CT molecular complexity index is 568. The van der Waals surface area contributed by atoms with Crippen LogP contribution in [0.15, 0.2) is 12.1 Å². The summed E-state index contributed by atoms with van der Waals surface area (Å²) in [6.07, 6.45) is 1.38. The molecule has 1 unspecified atom stereocenters. The molecule has 1 aliphatic heterocycles. The van der Waals surface area contributed by atoms with Crippen molar-refractivity contribution < 1.29 is 18.5 Å². The number of carbonyl (C=O) groups is 1. The molecule has 2 rings (SSSR count). The zero-order valence-corrected chi connectivity index (χ0v) is 11.1. The van der Waals surface area contributed by atoms with E-state index in [2.05, 4.69) is 0 Å². The van der Waals surface area contributed by atoms with Crippen LogP contribution in [0.2, 0.25) is 0 Å². The van der Waals surface area contributed by atoms with Crippen LogP contribution in [0.3, 0.4) is 0 Å². The van der Waals surface area contributed by atoms with Gasteiger partial charge in [-0.05, 0) is 18.9 Å². The Balaban J connectivity index is 2.36. The summed E-state index contributed by atoms with van der Waals surface area (Å²) >= 11 is 5.93. The Hall–Kier alpha value is -1.76. The number of halogens is 3. The number of alkyl halides is 1. The van der Waals surface area contributed by atoms with Gasteiger partial charge in [0.1, 0.15) is 5.82 Å². The van der Waals surface area contributed by atoms with Gasteiger partial charge in [0, 0.05) is 13.1 Å². The number of piperidine rings is 1. The van der Waals surface area contributed by atoms with Gasteiger partial charge in [-0.15, -0.1) is 11.6 Å². The fourth-order valence-corrected chi connectivity index (χ4v) is 2.46. The van der Waals surface area contributed by atoms with Crippen molar-refractivity contribution in [2.24, 2.45) is 0 Å². The average molecular weight is 305 g/mol. The molecule has 0 bridgehead atoms. The number of likely N-dealkylation sites (tertiary alicyclic amines) is 1. The highest BCUT2D eigenvalue weighted by atomic mass is 35.5. The van der Waals surface area contributed by atoms with Crippen molar-refractivity contribution in [3.63, 3.8) is 0 Å². The third-order valence-corrected chi connectivity index (χ3v) is 3.45. The first-order valence-electron chi connectivity index (χ1n) is 5.97. The molecule has 1 atom stereocenters. The number of carbonyl (C=O) groups excluding carboxylic acids is 1. The van der Waals surface area contributed by atoms with Gasteiger partial charge in [0.2, 0.25) is 5.82 Å². The van der Waals surface area contributed by atoms with Crippen molar-refractivity contribution in [2.45, 2.75) is 18.2 Å². The zero-order valence-electron chi connectivity index (χ0n) is 10.3. The smallest absolute Gasteiger partial charge is 0.308 e. The van der Waals surface area contributed by atoms with Crippen LogP contribution in [0, 0.1) is 21.7 Å². The van der Waals surface area contributed by atoms with E-state index in [0.29, 0.717) is 25.1 Å². The first kappa shape index (κ1) is 14.6. The molecule has 1 aliphatic rings. The van der Waals surface area contributed by atoms with E-state index >= 15 is 0 Å². The number of benzene rings is 1. The molecule has 108 valence electrons. The molecule has 1 heterocycles. The fourth-order valence-electron chi connectivity index (χ4n) is 2.14. The van der Waals surface area contributed by atoms with Crippen molar-refractivity contribution in [2.75, 3.05) is 13.1 Å². The van der Waals surface area contributed by atoms with Crippen LogP contribution in [-0.2, 0) is 0 Å². The molecule has 5 nitrogen and oxygen atoms in total. The summed E-state index contributed by atoms with van der Waals surface area (Å²) in [7, 11) is 0. The van der Waals surface area contributed by atoms with Gasteiger partial charge in [0.05, 0.1) is 21.9 Å². The number of hydrogen-bond donors (Lipinski definition) is 0. The lowest BCUT2D eigenvalue weighted by Crippen LogP contribution is -2.40. The maximum absolute atomic E-state index is 13.9. The Kier molecular flexibility index (Phi) is 4.17. The Morgan fingerprint density at radius 2 is 2.15 bits per heavy atom. The van der Waals surface area contributed by atoms with Crippen LogP contribution < -0.4 is 0 Å². The van der Waals surface area contributed by atoms with Crippen molar-refractivity contribution in [1.82, 2.24) is 4.90 Å². The predicted octanol–water partition coefficient (Wildman–Crippen LogP) is 2.72. The number of nitro groups is 1. The van der Waals surface area contributed by atoms with E-state index < -0.39 is 33.7 Å². The van der Waals surface area contributed by atoms with E-state index in [9.17, 15) is 23.7 Å². The Labute approximate surface area is 118 Å². The van der Waals surface area contributed by atoms with Crippen molar-refractivity contribution in [3.8, 4) is 0 Å². The third kappa shape index (κ3) is 2.87. The average Bonchev–Trinajstić information content (AvgIpc) is 2.40. The van der Waals surface area contributed by atoms with E-state index in [0.717, 1.165) is 6.42 Å². The summed E-state index contributed by atoms with van der Waals surface area (Å²) in [4.78, 5) is 23.0. The molecule has 1 aromatic carbocycles. The molecular weight excluding hydrogens is 294 g/mol. The highest BCUT2D eigenvalue weighted by molar-refractivity contribution is 6.21. The molecule has 1 saturated heterocycles. The van der Waals surface area contributed by atoms with Crippen molar-refractivity contribution in [1.29, 1.82) is 0 Å². The highest BCUT2D eigenvalue weighted by Crippen LogP contribution is 2.25. The quantitative estimate of drug-likeness (QED) is 0.479. The molecule has 8 heteroatoms. The van der Waals surface area contributed by atoms with E-state index in [1.165, 1.54) is 4.90 Å². The van der Waals surface area contributed by atoms with Gasteiger partial charge in [0.15, 0.2) is 0 Å². The van der Waals surface area contributed by atoms with E-state index in [1.807, 2.05) is 0 Å². The Morgan fingerprint density at radius 1 is 1.45 bits per heavy atom. The summed E-state index contributed by atoms with van der Waals surface area (Å²) in [6.45, 7) is 0.579. The molecule has 1 fully saturated rings. The molecule has 0 radical (unpaired) electrons. The van der Waals surface area contributed by atoms with Gasteiger partial charge in [-0.3, -0.25) is 14.9 Å². The minimum Gasteiger partial charge on any atom is -0.337 e. The van der Waals surface area contributed by atoms with Crippen LogP contribution in [0.4, 0.5) is 14.5 Å². The molecule has 0 saturated carbocycles. The van der Waals surface area contributed by atoms with Crippen LogP contribution in [-0.4, -0.2) is 34.2 Å². The minimum atomic E-state index is -1.32. The van der Waals surface area contributed by atoms with Crippen molar-refractivity contribution in [3.05, 3.63) is 39.4 Å². The lowest BCUT2D eigenvalue weighted by Gasteiger charge is -2.29. The standard InChI is InChI=1S/C12H11ClF2N2O3/c13-7-2-1-3-16(6-7)12(18)9-4-8(14)5-10(11(9)15)17(19)20/h4-5,7H,1-3,6H2. The minimum absolute atomic E-state index is 0.212. The summed E-state index contributed by atoms with van der Waals surface area (Å²) in [5, 5.41) is 10.4. The molecular formula is C12H11ClF2N2O3. The first-order chi connectivity index (χ1) is 9.40. The summed E-state index contributed by atoms with van der Waals surface area (Å²) in [5.41, 5.74) is -1.68. The van der Waals surface area contributed by atoms with E-state index in [1.54, 1.807) is 0 Å². The van der Waals surface area contributed by atoms with Crippen LogP contribution in [0.25, 0.3) is 0 Å². The van der Waals surface area contributed by atoms with Crippen LogP contribution in [0.1, 0.15) is 23.2 Å². The molecule has 1 amide bonds. The topological polar surface area (TPSA) is 63.4 Å². The molecule has 1 aromatic rings. The number of rotatable bonds is 2. The highest BCUT2D eigenvalue weighted by Gasteiger charge is 2.29. The van der Waals surface area contributed by atoms with Gasteiger partial charge < -0.3 is 4.90 Å². The molecule has 0 spiro atoms. The van der Waals surface area contributed by atoms with Gasteiger partial charge >= 0.3 is 5.69 Å². The number of amides is 1. The molecule has 0 aliphatic carbocycles. The van der Waals surface area contributed by atoms with Gasteiger partial charge in [-0.1, -0.05) is 0 Å². The maximum Gasteiger partial charge on any atom is 0.308 e. The zero-order chi connectivity index (χ0) is 14.9. The summed E-state index contributed by atoms with van der Waals surface area (Å²) in [6, 6.07) is 1.12. The van der Waals surface area contributed by atoms with Gasteiger partial charge in [0.25, 0.3) is 5.91 Å². The fraction of sp³-hybridized carbons (Fsp3) is 0.417. The SMILES string of the molecule is O=C(c1cc(F)cc([N+](=O)[O-])c1F)N1CCCC(Cl)C1. The van der Waals surface area contributed by atoms with Crippen LogP contribution in [0.5, 0.6) is 0 Å². The van der Waals surface area contributed by atoms with Gasteiger partial charge in [-0.25, -0.2) is 4.39 Å². The largest absolute Gasteiger partial charge is 0.337 e. The maximum atomic E-state index is 13.9. The van der Waals surface area contributed by atoms with Gasteiger partial charge in [-0.2, -0.15) is 4.39 Å². The normalized spacial score (nSPS) is 18.9.